The highest BCUT2D eigenvalue weighted by Crippen LogP contribution is 2.64. The molecule has 3 aliphatic rings. The van der Waals surface area contributed by atoms with Gasteiger partial charge in [-0.1, -0.05) is 66.7 Å². The number of carbonyl (C=O) groups is 3. The summed E-state index contributed by atoms with van der Waals surface area (Å²) in [6.45, 7) is 7.44. The summed E-state index contributed by atoms with van der Waals surface area (Å²) < 4.78 is 12.2. The molecular weight excluding hydrogens is 532 g/mol. The fourth-order valence-electron chi connectivity index (χ4n) is 7.54. The summed E-state index contributed by atoms with van der Waals surface area (Å²) in [5.41, 5.74) is -0.840. The molecule has 3 fully saturated rings. The number of esters is 1. The first-order valence-corrected chi connectivity index (χ1v) is 14.6. The molecule has 218 valence electrons. The standard InChI is InChI=1S/C34H36N2O6/c1-4-19-35(25-16-15-22-11-9-10-14-24(22)20-25)31(39)29-34-18-17-33(3,42-34)28(32(40)41-5-2)27(34)30(38)36(29)26(21-37)23-12-7-6-8-13-23/h4,6-16,20,26-29,37H,1,5,17-19,21H2,2-3H3/t26-,27+,28-,29?,33+,34?/m1/s1. The van der Waals surface area contributed by atoms with Gasteiger partial charge in [-0.05, 0) is 55.2 Å². The van der Waals surface area contributed by atoms with Crippen molar-refractivity contribution in [2.45, 2.75) is 50.0 Å². The summed E-state index contributed by atoms with van der Waals surface area (Å²) in [5.74, 6) is -2.99. The Morgan fingerprint density at radius 3 is 2.52 bits per heavy atom. The zero-order valence-electron chi connectivity index (χ0n) is 23.9. The Bertz CT molecular complexity index is 1540. The predicted molar refractivity (Wildman–Crippen MR) is 158 cm³/mol. The molecule has 3 aromatic rings. The van der Waals surface area contributed by atoms with Crippen molar-refractivity contribution in [3.8, 4) is 0 Å². The topological polar surface area (TPSA) is 96.4 Å². The monoisotopic (exact) mass is 568 g/mol. The molecule has 42 heavy (non-hydrogen) atoms. The predicted octanol–water partition coefficient (Wildman–Crippen LogP) is 4.42. The van der Waals surface area contributed by atoms with E-state index in [0.29, 0.717) is 24.1 Å². The zero-order chi connectivity index (χ0) is 29.6. The van der Waals surface area contributed by atoms with Gasteiger partial charge in [0.05, 0.1) is 30.8 Å². The average molecular weight is 569 g/mol. The van der Waals surface area contributed by atoms with Gasteiger partial charge in [0.1, 0.15) is 17.6 Å². The minimum Gasteiger partial charge on any atom is -0.466 e. The molecule has 3 saturated heterocycles. The second kappa shape index (κ2) is 10.7. The highest BCUT2D eigenvalue weighted by molar-refractivity contribution is 6.06. The lowest BCUT2D eigenvalue weighted by Gasteiger charge is -2.39. The van der Waals surface area contributed by atoms with E-state index >= 15 is 0 Å². The minimum atomic E-state index is -1.25. The molecule has 2 amide bonds. The number of aliphatic hydroxyl groups is 1. The van der Waals surface area contributed by atoms with Gasteiger partial charge in [0.25, 0.3) is 5.91 Å². The Kier molecular flexibility index (Phi) is 7.15. The highest BCUT2D eigenvalue weighted by Gasteiger charge is 2.79. The van der Waals surface area contributed by atoms with Crippen LogP contribution in [0, 0.1) is 11.8 Å². The van der Waals surface area contributed by atoms with Gasteiger partial charge in [0.2, 0.25) is 5.91 Å². The van der Waals surface area contributed by atoms with Gasteiger partial charge in [-0.15, -0.1) is 6.58 Å². The van der Waals surface area contributed by atoms with Gasteiger partial charge in [-0.25, -0.2) is 0 Å². The van der Waals surface area contributed by atoms with E-state index in [1.165, 1.54) is 4.90 Å². The van der Waals surface area contributed by atoms with E-state index in [0.717, 1.165) is 10.8 Å². The molecule has 8 heteroatoms. The van der Waals surface area contributed by atoms with Crippen molar-refractivity contribution < 1.29 is 29.0 Å². The van der Waals surface area contributed by atoms with Crippen molar-refractivity contribution in [2.24, 2.45) is 11.8 Å². The van der Waals surface area contributed by atoms with Crippen molar-refractivity contribution in [1.29, 1.82) is 0 Å². The number of hydrogen-bond acceptors (Lipinski definition) is 6. The van der Waals surface area contributed by atoms with Crippen LogP contribution in [0.4, 0.5) is 5.69 Å². The SMILES string of the molecule is C=CCN(C(=O)C1N([C@H](CO)c2ccccc2)C(=O)[C@@H]2[C@H](C(=O)OCC)[C@]3(C)CCC12O3)c1ccc2ccccc2c1. The maximum absolute atomic E-state index is 14.9. The van der Waals surface area contributed by atoms with Gasteiger partial charge in [-0.2, -0.15) is 0 Å². The van der Waals surface area contributed by atoms with E-state index in [1.54, 1.807) is 17.9 Å². The number of hydrogen-bond donors (Lipinski definition) is 1. The Labute approximate surface area is 245 Å². The van der Waals surface area contributed by atoms with Gasteiger partial charge in [0, 0.05) is 12.2 Å². The average Bonchev–Trinajstić information content (AvgIpc) is 3.57. The van der Waals surface area contributed by atoms with Crippen LogP contribution in [0.25, 0.3) is 10.8 Å². The summed E-state index contributed by atoms with van der Waals surface area (Å²) >= 11 is 0. The van der Waals surface area contributed by atoms with Crippen molar-refractivity contribution >= 4 is 34.2 Å². The maximum atomic E-state index is 14.9. The summed E-state index contributed by atoms with van der Waals surface area (Å²) in [6.07, 6.45) is 2.58. The summed E-state index contributed by atoms with van der Waals surface area (Å²) in [5, 5.41) is 12.7. The van der Waals surface area contributed by atoms with Crippen molar-refractivity contribution in [3.63, 3.8) is 0 Å². The van der Waals surface area contributed by atoms with Crippen molar-refractivity contribution in [2.75, 3.05) is 24.7 Å². The molecule has 0 saturated carbocycles. The number of amides is 2. The van der Waals surface area contributed by atoms with Crippen LogP contribution in [0.5, 0.6) is 0 Å². The van der Waals surface area contributed by atoms with Gasteiger partial charge < -0.3 is 24.4 Å². The lowest BCUT2D eigenvalue weighted by Crippen LogP contribution is -2.57. The quantitative estimate of drug-likeness (QED) is 0.303. The number of ether oxygens (including phenoxy) is 2. The molecule has 2 bridgehead atoms. The number of rotatable bonds is 9. The molecule has 1 spiro atoms. The number of anilines is 1. The molecule has 3 aliphatic heterocycles. The Morgan fingerprint density at radius 1 is 1.12 bits per heavy atom. The molecule has 0 radical (unpaired) electrons. The number of aliphatic hydroxyl groups excluding tert-OH is 1. The number of fused-ring (bicyclic) bond motifs is 2. The molecule has 8 nitrogen and oxygen atoms in total. The fourth-order valence-corrected chi connectivity index (χ4v) is 7.54. The lowest BCUT2D eigenvalue weighted by molar-refractivity contribution is -0.160. The minimum absolute atomic E-state index is 0.170. The molecule has 0 aliphatic carbocycles. The first-order valence-electron chi connectivity index (χ1n) is 14.6. The van der Waals surface area contributed by atoms with Crippen LogP contribution in [0.2, 0.25) is 0 Å². The third-order valence-electron chi connectivity index (χ3n) is 9.30. The largest absolute Gasteiger partial charge is 0.466 e. The molecule has 6 rings (SSSR count). The van der Waals surface area contributed by atoms with Crippen molar-refractivity contribution in [1.82, 2.24) is 4.90 Å². The Hall–Kier alpha value is -4.01. The molecule has 3 aromatic carbocycles. The van der Waals surface area contributed by atoms with Gasteiger partial charge in [-0.3, -0.25) is 14.4 Å². The summed E-state index contributed by atoms with van der Waals surface area (Å²) in [6, 6.07) is 21.0. The lowest BCUT2D eigenvalue weighted by atomic mass is 9.66. The molecule has 1 N–H and O–H groups in total. The second-order valence-corrected chi connectivity index (χ2v) is 11.6. The molecule has 3 heterocycles. The van der Waals surface area contributed by atoms with Crippen LogP contribution in [-0.4, -0.2) is 64.8 Å². The summed E-state index contributed by atoms with van der Waals surface area (Å²) in [4.78, 5) is 45.9. The molecular formula is C34H36N2O6. The van der Waals surface area contributed by atoms with Crippen LogP contribution in [0.15, 0.2) is 85.5 Å². The maximum Gasteiger partial charge on any atom is 0.312 e. The number of nitrogens with zero attached hydrogens (tertiary/aromatic N) is 2. The zero-order valence-corrected chi connectivity index (χ0v) is 23.9. The highest BCUT2D eigenvalue weighted by atomic mass is 16.6. The van der Waals surface area contributed by atoms with Gasteiger partial charge >= 0.3 is 5.97 Å². The molecule has 2 unspecified atom stereocenters. The third kappa shape index (κ3) is 4.15. The van der Waals surface area contributed by atoms with E-state index in [-0.39, 0.29) is 25.0 Å². The number of carbonyl (C=O) groups excluding carboxylic acids is 3. The number of benzene rings is 3. The van der Waals surface area contributed by atoms with E-state index < -0.39 is 47.7 Å². The second-order valence-electron chi connectivity index (χ2n) is 11.6. The van der Waals surface area contributed by atoms with Crippen LogP contribution in [0.3, 0.4) is 0 Å². The van der Waals surface area contributed by atoms with E-state index in [2.05, 4.69) is 6.58 Å². The third-order valence-corrected chi connectivity index (χ3v) is 9.30. The first kappa shape index (κ1) is 28.1. The van der Waals surface area contributed by atoms with Crippen LogP contribution in [-0.2, 0) is 23.9 Å². The van der Waals surface area contributed by atoms with E-state index in [1.807, 2.05) is 79.7 Å². The summed E-state index contributed by atoms with van der Waals surface area (Å²) in [7, 11) is 0. The van der Waals surface area contributed by atoms with E-state index in [9.17, 15) is 19.5 Å². The van der Waals surface area contributed by atoms with Crippen LogP contribution < -0.4 is 4.90 Å². The Morgan fingerprint density at radius 2 is 1.83 bits per heavy atom. The van der Waals surface area contributed by atoms with Crippen LogP contribution in [0.1, 0.15) is 38.3 Å². The first-order chi connectivity index (χ1) is 20.3. The number of likely N-dealkylation sites (tertiary alicyclic amines) is 1. The van der Waals surface area contributed by atoms with Crippen molar-refractivity contribution in [3.05, 3.63) is 91.0 Å². The molecule has 0 aromatic heterocycles. The van der Waals surface area contributed by atoms with Gasteiger partial charge in [0.15, 0.2) is 0 Å². The van der Waals surface area contributed by atoms with E-state index in [4.69, 9.17) is 9.47 Å². The van der Waals surface area contributed by atoms with Crippen LogP contribution >= 0.6 is 0 Å². The molecule has 6 atom stereocenters. The Balaban J connectivity index is 1.50. The smallest absolute Gasteiger partial charge is 0.312 e. The fraction of sp³-hybridized carbons (Fsp3) is 0.382. The normalized spacial score (nSPS) is 28.5.